The molecule has 37 heavy (non-hydrogen) atoms. The SMILES string of the molecule is CN(C)c1cc(N[C@H]2CC[C@@H](NC(=O)Cc3ccc(Oc4ccccc4)cc3)CC2)nc2ccccc12. The first-order valence-electron chi connectivity index (χ1n) is 13.0. The summed E-state index contributed by atoms with van der Waals surface area (Å²) in [5.74, 6) is 2.54. The largest absolute Gasteiger partial charge is 0.457 e. The number of amides is 1. The number of hydrogen-bond acceptors (Lipinski definition) is 5. The number of fused-ring (bicyclic) bond motifs is 1. The van der Waals surface area contributed by atoms with Crippen molar-refractivity contribution in [2.75, 3.05) is 24.3 Å². The van der Waals surface area contributed by atoms with Gasteiger partial charge in [-0.05, 0) is 61.6 Å². The molecule has 0 spiro atoms. The lowest BCUT2D eigenvalue weighted by Gasteiger charge is -2.30. The number of carbonyl (C=O) groups excluding carboxylic acids is 1. The second-order valence-electron chi connectivity index (χ2n) is 9.93. The van der Waals surface area contributed by atoms with Crippen LogP contribution in [-0.4, -0.2) is 37.1 Å². The third-order valence-corrected chi connectivity index (χ3v) is 6.89. The van der Waals surface area contributed by atoms with E-state index in [1.165, 1.54) is 0 Å². The number of aromatic nitrogens is 1. The molecule has 0 atom stereocenters. The number of anilines is 2. The van der Waals surface area contributed by atoms with Crippen LogP contribution in [-0.2, 0) is 11.2 Å². The highest BCUT2D eigenvalue weighted by Crippen LogP contribution is 2.29. The number of nitrogens with one attached hydrogen (secondary N) is 2. The molecule has 1 aromatic heterocycles. The number of carbonyl (C=O) groups is 1. The highest BCUT2D eigenvalue weighted by Gasteiger charge is 2.23. The van der Waals surface area contributed by atoms with Crippen molar-refractivity contribution in [2.45, 2.75) is 44.2 Å². The molecule has 0 bridgehead atoms. The molecule has 0 aliphatic heterocycles. The van der Waals surface area contributed by atoms with Crippen molar-refractivity contribution in [3.8, 4) is 11.5 Å². The molecule has 1 aliphatic carbocycles. The van der Waals surface area contributed by atoms with Gasteiger partial charge < -0.3 is 20.3 Å². The molecule has 5 rings (SSSR count). The first-order valence-corrected chi connectivity index (χ1v) is 13.0. The van der Waals surface area contributed by atoms with Crippen molar-refractivity contribution in [1.29, 1.82) is 0 Å². The molecule has 1 amide bonds. The van der Waals surface area contributed by atoms with E-state index >= 15 is 0 Å². The first-order chi connectivity index (χ1) is 18.0. The Morgan fingerprint density at radius 3 is 2.24 bits per heavy atom. The second kappa shape index (κ2) is 11.3. The average Bonchev–Trinajstić information content (AvgIpc) is 2.91. The Bertz CT molecular complexity index is 1330. The monoisotopic (exact) mass is 494 g/mol. The Labute approximate surface area is 218 Å². The van der Waals surface area contributed by atoms with Crippen LogP contribution in [0.3, 0.4) is 0 Å². The van der Waals surface area contributed by atoms with Crippen molar-refractivity contribution >= 4 is 28.3 Å². The van der Waals surface area contributed by atoms with Gasteiger partial charge in [0.1, 0.15) is 17.3 Å². The van der Waals surface area contributed by atoms with E-state index in [1.54, 1.807) is 0 Å². The molecular weight excluding hydrogens is 460 g/mol. The fourth-order valence-corrected chi connectivity index (χ4v) is 4.96. The van der Waals surface area contributed by atoms with Gasteiger partial charge in [0, 0.05) is 43.3 Å². The fourth-order valence-electron chi connectivity index (χ4n) is 4.96. The molecule has 3 aromatic carbocycles. The van der Waals surface area contributed by atoms with E-state index in [1.807, 2.05) is 60.7 Å². The molecule has 1 fully saturated rings. The van der Waals surface area contributed by atoms with Gasteiger partial charge in [-0.1, -0.05) is 48.5 Å². The fraction of sp³-hybridized carbons (Fsp3) is 0.290. The van der Waals surface area contributed by atoms with E-state index in [9.17, 15) is 4.79 Å². The number of ether oxygens (including phenoxy) is 1. The van der Waals surface area contributed by atoms with Crippen LogP contribution in [0, 0.1) is 0 Å². The van der Waals surface area contributed by atoms with Crippen LogP contribution in [0.5, 0.6) is 11.5 Å². The standard InChI is InChI=1S/C31H34N4O2/c1-35(2)29-21-30(34-28-11-7-6-10-27(28)29)32-23-14-16-24(17-15-23)33-31(36)20-22-12-18-26(19-13-22)37-25-8-4-3-5-9-25/h3-13,18-19,21,23-24H,14-17,20H2,1-2H3,(H,32,34)(H,33,36)/t23-,24+. The van der Waals surface area contributed by atoms with Crippen LogP contribution in [0.15, 0.2) is 84.9 Å². The number of benzene rings is 3. The smallest absolute Gasteiger partial charge is 0.224 e. The normalized spacial score (nSPS) is 17.2. The lowest BCUT2D eigenvalue weighted by atomic mass is 9.91. The molecule has 0 radical (unpaired) electrons. The topological polar surface area (TPSA) is 66.5 Å². The molecule has 1 saturated carbocycles. The molecule has 190 valence electrons. The zero-order chi connectivity index (χ0) is 25.6. The van der Waals surface area contributed by atoms with E-state index < -0.39 is 0 Å². The number of pyridine rings is 1. The zero-order valence-corrected chi connectivity index (χ0v) is 21.5. The quantitative estimate of drug-likeness (QED) is 0.306. The summed E-state index contributed by atoms with van der Waals surface area (Å²) in [7, 11) is 4.12. The van der Waals surface area contributed by atoms with Gasteiger partial charge in [-0.15, -0.1) is 0 Å². The van der Waals surface area contributed by atoms with Crippen LogP contribution in [0.2, 0.25) is 0 Å². The Hall–Kier alpha value is -4.06. The van der Waals surface area contributed by atoms with Crippen LogP contribution in [0.1, 0.15) is 31.2 Å². The molecule has 1 heterocycles. The summed E-state index contributed by atoms with van der Waals surface area (Å²) in [4.78, 5) is 19.7. The Kier molecular flexibility index (Phi) is 7.54. The Morgan fingerprint density at radius 1 is 0.865 bits per heavy atom. The molecule has 1 aliphatic rings. The molecule has 4 aromatic rings. The van der Waals surface area contributed by atoms with Gasteiger partial charge in [-0.25, -0.2) is 4.98 Å². The Balaban J connectivity index is 1.10. The molecule has 0 unspecified atom stereocenters. The van der Waals surface area contributed by atoms with Gasteiger partial charge in [0.2, 0.25) is 5.91 Å². The minimum Gasteiger partial charge on any atom is -0.457 e. The van der Waals surface area contributed by atoms with Gasteiger partial charge in [0.25, 0.3) is 0 Å². The third-order valence-electron chi connectivity index (χ3n) is 6.89. The van der Waals surface area contributed by atoms with Crippen molar-refractivity contribution in [3.63, 3.8) is 0 Å². The van der Waals surface area contributed by atoms with E-state index in [0.717, 1.165) is 65.2 Å². The predicted molar refractivity (Wildman–Crippen MR) is 151 cm³/mol. The van der Waals surface area contributed by atoms with E-state index in [2.05, 4.69) is 53.9 Å². The maximum atomic E-state index is 12.7. The van der Waals surface area contributed by atoms with Crippen LogP contribution >= 0.6 is 0 Å². The van der Waals surface area contributed by atoms with Crippen LogP contribution in [0.25, 0.3) is 10.9 Å². The average molecular weight is 495 g/mol. The number of hydrogen-bond donors (Lipinski definition) is 2. The summed E-state index contributed by atoms with van der Waals surface area (Å²) in [6.45, 7) is 0. The van der Waals surface area contributed by atoms with Gasteiger partial charge in [0.15, 0.2) is 0 Å². The van der Waals surface area contributed by atoms with Gasteiger partial charge in [0.05, 0.1) is 11.9 Å². The highest BCUT2D eigenvalue weighted by atomic mass is 16.5. The minimum atomic E-state index is 0.0694. The third kappa shape index (κ3) is 6.39. The van der Waals surface area contributed by atoms with Crippen molar-refractivity contribution in [3.05, 3.63) is 90.5 Å². The summed E-state index contributed by atoms with van der Waals surface area (Å²) in [6.07, 6.45) is 4.30. The number of rotatable bonds is 8. The van der Waals surface area contributed by atoms with Crippen molar-refractivity contribution in [2.24, 2.45) is 0 Å². The lowest BCUT2D eigenvalue weighted by molar-refractivity contribution is -0.121. The molecule has 2 N–H and O–H groups in total. The molecular formula is C31H34N4O2. The Morgan fingerprint density at radius 2 is 1.51 bits per heavy atom. The van der Waals surface area contributed by atoms with E-state index in [0.29, 0.717) is 12.5 Å². The molecule has 0 saturated heterocycles. The zero-order valence-electron chi connectivity index (χ0n) is 21.5. The summed E-state index contributed by atoms with van der Waals surface area (Å²) in [6, 6.07) is 28.4. The predicted octanol–water partition coefficient (Wildman–Crippen LogP) is 6.18. The van der Waals surface area contributed by atoms with Crippen LogP contribution < -0.4 is 20.3 Å². The summed E-state index contributed by atoms with van der Waals surface area (Å²) in [5, 5.41) is 8.03. The minimum absolute atomic E-state index is 0.0694. The summed E-state index contributed by atoms with van der Waals surface area (Å²) in [5.41, 5.74) is 3.14. The molecule has 6 heteroatoms. The van der Waals surface area contributed by atoms with Gasteiger partial charge in [-0.3, -0.25) is 4.79 Å². The van der Waals surface area contributed by atoms with Gasteiger partial charge >= 0.3 is 0 Å². The second-order valence-corrected chi connectivity index (χ2v) is 9.93. The maximum Gasteiger partial charge on any atom is 0.224 e. The maximum absolute atomic E-state index is 12.7. The van der Waals surface area contributed by atoms with Gasteiger partial charge in [-0.2, -0.15) is 0 Å². The highest BCUT2D eigenvalue weighted by molar-refractivity contribution is 5.93. The number of nitrogens with zero attached hydrogens (tertiary/aromatic N) is 2. The van der Waals surface area contributed by atoms with E-state index in [4.69, 9.17) is 9.72 Å². The first kappa shape index (κ1) is 24.6. The van der Waals surface area contributed by atoms with Crippen LogP contribution in [0.4, 0.5) is 11.5 Å². The van der Waals surface area contributed by atoms with E-state index in [-0.39, 0.29) is 11.9 Å². The number of para-hydroxylation sites is 2. The summed E-state index contributed by atoms with van der Waals surface area (Å²) >= 11 is 0. The van der Waals surface area contributed by atoms with Crippen molar-refractivity contribution < 1.29 is 9.53 Å². The summed E-state index contributed by atoms with van der Waals surface area (Å²) < 4.78 is 5.84. The van der Waals surface area contributed by atoms with Crippen molar-refractivity contribution in [1.82, 2.24) is 10.3 Å². The lowest BCUT2D eigenvalue weighted by Crippen LogP contribution is -2.40. The molecule has 6 nitrogen and oxygen atoms in total.